The summed E-state index contributed by atoms with van der Waals surface area (Å²) >= 11 is 0. The van der Waals surface area contributed by atoms with Gasteiger partial charge in [-0.25, -0.2) is 4.79 Å². The smallest absolute Gasteiger partial charge is 0.354 e. The van der Waals surface area contributed by atoms with Crippen molar-refractivity contribution in [3.05, 3.63) is 65.4 Å². The highest BCUT2D eigenvalue weighted by Gasteiger charge is 2.16. The van der Waals surface area contributed by atoms with Crippen molar-refractivity contribution >= 4 is 18.0 Å². The molecule has 6 nitrogen and oxygen atoms in total. The molecule has 0 aliphatic carbocycles. The molecule has 0 aliphatic heterocycles. The van der Waals surface area contributed by atoms with Crippen molar-refractivity contribution in [3.63, 3.8) is 0 Å². The molecule has 2 aromatic carbocycles. The van der Waals surface area contributed by atoms with Crippen LogP contribution in [0.25, 0.3) is 6.08 Å². The number of hydrogen-bond donors (Lipinski definition) is 1. The van der Waals surface area contributed by atoms with E-state index >= 15 is 0 Å². The quantitative estimate of drug-likeness (QED) is 0.526. The normalized spacial score (nSPS) is 10.9. The molecule has 0 fully saturated rings. The van der Waals surface area contributed by atoms with Crippen molar-refractivity contribution in [2.75, 3.05) is 19.8 Å². The Kier molecular flexibility index (Phi) is 8.09. The Morgan fingerprint density at radius 2 is 1.57 bits per heavy atom. The largest absolute Gasteiger partial charge is 0.490 e. The van der Waals surface area contributed by atoms with Gasteiger partial charge in [0.1, 0.15) is 5.70 Å². The van der Waals surface area contributed by atoms with Gasteiger partial charge in [-0.3, -0.25) is 4.79 Å². The van der Waals surface area contributed by atoms with E-state index < -0.39 is 11.9 Å². The summed E-state index contributed by atoms with van der Waals surface area (Å²) in [7, 11) is 0. The minimum absolute atomic E-state index is 0.0438. The lowest BCUT2D eigenvalue weighted by Gasteiger charge is -2.13. The molecule has 0 saturated heterocycles. The van der Waals surface area contributed by atoms with E-state index in [1.54, 1.807) is 55.5 Å². The van der Waals surface area contributed by atoms with E-state index in [0.717, 1.165) is 0 Å². The number of amides is 1. The molecule has 0 unspecified atom stereocenters. The number of ether oxygens (including phenoxy) is 3. The highest BCUT2D eigenvalue weighted by Crippen LogP contribution is 2.29. The number of carbonyl (C=O) groups excluding carboxylic acids is 2. The SMILES string of the molecule is CCOC(=O)/C(=C\c1ccc(OCC)c(OCC)c1)NC(=O)c1ccccc1. The van der Waals surface area contributed by atoms with Crippen LogP contribution in [0.2, 0.25) is 0 Å². The molecule has 0 radical (unpaired) electrons. The summed E-state index contributed by atoms with van der Waals surface area (Å²) in [5, 5.41) is 2.63. The van der Waals surface area contributed by atoms with Gasteiger partial charge in [-0.15, -0.1) is 0 Å². The lowest BCUT2D eigenvalue weighted by molar-refractivity contribution is -0.138. The molecule has 0 heterocycles. The molecule has 0 aliphatic rings. The van der Waals surface area contributed by atoms with E-state index in [2.05, 4.69) is 5.32 Å². The fourth-order valence-electron chi connectivity index (χ4n) is 2.46. The van der Waals surface area contributed by atoms with Crippen LogP contribution in [0, 0.1) is 0 Å². The Labute approximate surface area is 165 Å². The second kappa shape index (κ2) is 10.8. The Morgan fingerprint density at radius 1 is 0.893 bits per heavy atom. The topological polar surface area (TPSA) is 73.9 Å². The summed E-state index contributed by atoms with van der Waals surface area (Å²) in [6.07, 6.45) is 1.55. The number of nitrogens with one attached hydrogen (secondary N) is 1. The van der Waals surface area contributed by atoms with Crippen molar-refractivity contribution in [3.8, 4) is 11.5 Å². The molecule has 1 amide bonds. The molecule has 28 heavy (non-hydrogen) atoms. The molecular formula is C22H25NO5. The van der Waals surface area contributed by atoms with Crippen molar-refractivity contribution in [2.45, 2.75) is 20.8 Å². The van der Waals surface area contributed by atoms with Gasteiger partial charge in [-0.1, -0.05) is 24.3 Å². The van der Waals surface area contributed by atoms with Gasteiger partial charge in [-0.05, 0) is 56.7 Å². The predicted octanol–water partition coefficient (Wildman–Crippen LogP) is 3.82. The average Bonchev–Trinajstić information content (AvgIpc) is 2.70. The van der Waals surface area contributed by atoms with Crippen molar-refractivity contribution in [1.82, 2.24) is 5.32 Å². The third-order valence-electron chi connectivity index (χ3n) is 3.66. The Balaban J connectivity index is 2.34. The highest BCUT2D eigenvalue weighted by molar-refractivity contribution is 6.03. The molecule has 1 N–H and O–H groups in total. The number of benzene rings is 2. The van der Waals surface area contributed by atoms with Crippen LogP contribution in [-0.4, -0.2) is 31.7 Å². The monoisotopic (exact) mass is 383 g/mol. The minimum Gasteiger partial charge on any atom is -0.490 e. The maximum atomic E-state index is 12.5. The molecule has 6 heteroatoms. The lowest BCUT2D eigenvalue weighted by Crippen LogP contribution is -2.28. The number of rotatable bonds is 9. The van der Waals surface area contributed by atoms with Gasteiger partial charge >= 0.3 is 5.97 Å². The zero-order valence-electron chi connectivity index (χ0n) is 16.4. The van der Waals surface area contributed by atoms with E-state index in [1.165, 1.54) is 0 Å². The van der Waals surface area contributed by atoms with Gasteiger partial charge in [0.05, 0.1) is 19.8 Å². The van der Waals surface area contributed by atoms with Crippen LogP contribution in [0.5, 0.6) is 11.5 Å². The second-order valence-electron chi connectivity index (χ2n) is 5.67. The molecule has 0 atom stereocenters. The molecule has 0 aromatic heterocycles. The predicted molar refractivity (Wildman–Crippen MR) is 107 cm³/mol. The van der Waals surface area contributed by atoms with E-state index in [1.807, 2.05) is 19.9 Å². The van der Waals surface area contributed by atoms with Crippen LogP contribution in [0.15, 0.2) is 54.2 Å². The summed E-state index contributed by atoms with van der Waals surface area (Å²) in [5.41, 5.74) is 1.16. The number of hydrogen-bond acceptors (Lipinski definition) is 5. The third kappa shape index (κ3) is 5.87. The van der Waals surface area contributed by atoms with Crippen LogP contribution in [-0.2, 0) is 9.53 Å². The first kappa shape index (κ1) is 21.0. The summed E-state index contributed by atoms with van der Waals surface area (Å²) in [5.74, 6) is 0.178. The van der Waals surface area contributed by atoms with Gasteiger partial charge in [0.15, 0.2) is 11.5 Å². The lowest BCUT2D eigenvalue weighted by atomic mass is 10.1. The zero-order valence-corrected chi connectivity index (χ0v) is 16.4. The first-order chi connectivity index (χ1) is 13.6. The molecular weight excluding hydrogens is 358 g/mol. The van der Waals surface area contributed by atoms with Crippen LogP contribution in [0.4, 0.5) is 0 Å². The van der Waals surface area contributed by atoms with E-state index in [-0.39, 0.29) is 12.3 Å². The Bertz CT molecular complexity index is 830. The van der Waals surface area contributed by atoms with Gasteiger partial charge < -0.3 is 19.5 Å². The highest BCUT2D eigenvalue weighted by atomic mass is 16.5. The summed E-state index contributed by atoms with van der Waals surface area (Å²) in [6.45, 7) is 6.66. The van der Waals surface area contributed by atoms with Crippen molar-refractivity contribution in [1.29, 1.82) is 0 Å². The number of esters is 1. The average molecular weight is 383 g/mol. The Hall–Kier alpha value is -3.28. The maximum Gasteiger partial charge on any atom is 0.354 e. The second-order valence-corrected chi connectivity index (χ2v) is 5.67. The first-order valence-corrected chi connectivity index (χ1v) is 9.23. The molecule has 2 aromatic rings. The number of carbonyl (C=O) groups is 2. The van der Waals surface area contributed by atoms with Crippen molar-refractivity contribution < 1.29 is 23.8 Å². The van der Waals surface area contributed by atoms with Crippen LogP contribution in [0.1, 0.15) is 36.7 Å². The van der Waals surface area contributed by atoms with E-state index in [0.29, 0.717) is 35.8 Å². The molecule has 0 saturated carbocycles. The van der Waals surface area contributed by atoms with Crippen LogP contribution in [0.3, 0.4) is 0 Å². The summed E-state index contributed by atoms with van der Waals surface area (Å²) in [6, 6.07) is 14.0. The van der Waals surface area contributed by atoms with E-state index in [9.17, 15) is 9.59 Å². The molecule has 148 valence electrons. The molecule has 0 spiro atoms. The third-order valence-corrected chi connectivity index (χ3v) is 3.66. The molecule has 2 rings (SSSR count). The van der Waals surface area contributed by atoms with Gasteiger partial charge in [0, 0.05) is 5.56 Å². The maximum absolute atomic E-state index is 12.5. The van der Waals surface area contributed by atoms with Crippen molar-refractivity contribution in [2.24, 2.45) is 0 Å². The fourth-order valence-corrected chi connectivity index (χ4v) is 2.46. The van der Waals surface area contributed by atoms with Gasteiger partial charge in [-0.2, -0.15) is 0 Å². The Morgan fingerprint density at radius 3 is 2.21 bits per heavy atom. The molecule has 0 bridgehead atoms. The summed E-state index contributed by atoms with van der Waals surface area (Å²) < 4.78 is 16.2. The minimum atomic E-state index is -0.612. The zero-order chi connectivity index (χ0) is 20.4. The van der Waals surface area contributed by atoms with E-state index in [4.69, 9.17) is 14.2 Å². The first-order valence-electron chi connectivity index (χ1n) is 9.23. The van der Waals surface area contributed by atoms with Crippen LogP contribution >= 0.6 is 0 Å². The standard InChI is InChI=1S/C22H25NO5/c1-4-26-19-13-12-16(15-20(19)27-5-2)14-18(22(25)28-6-3)23-21(24)17-10-8-7-9-11-17/h7-15H,4-6H2,1-3H3,(H,23,24)/b18-14+. The van der Waals surface area contributed by atoms with Gasteiger partial charge in [0.25, 0.3) is 5.91 Å². The van der Waals surface area contributed by atoms with Gasteiger partial charge in [0.2, 0.25) is 0 Å². The fraction of sp³-hybridized carbons (Fsp3) is 0.273. The van der Waals surface area contributed by atoms with Crippen LogP contribution < -0.4 is 14.8 Å². The summed E-state index contributed by atoms with van der Waals surface area (Å²) in [4.78, 5) is 24.8.